The number of halogens is 1. The summed E-state index contributed by atoms with van der Waals surface area (Å²) in [6.45, 7) is 4.36. The number of anilines is 2. The van der Waals surface area contributed by atoms with E-state index in [1.54, 1.807) is 73.7 Å². The number of para-hydroxylation sites is 1. The SMILES string of the molecule is CCCCOc1cccc(C(=O)Nc2ccc(NC(=O)C(C)Oc3ccccc3Cl)cc2)c1. The number of ether oxygens (including phenoxy) is 2. The maximum Gasteiger partial charge on any atom is 0.265 e. The molecule has 0 aliphatic rings. The molecule has 1 unspecified atom stereocenters. The summed E-state index contributed by atoms with van der Waals surface area (Å²) in [6, 6.07) is 20.9. The van der Waals surface area contributed by atoms with Gasteiger partial charge in [-0.15, -0.1) is 0 Å². The lowest BCUT2D eigenvalue weighted by molar-refractivity contribution is -0.122. The van der Waals surface area contributed by atoms with Crippen molar-refractivity contribution in [3.05, 3.63) is 83.4 Å². The van der Waals surface area contributed by atoms with E-state index in [0.717, 1.165) is 12.8 Å². The molecular weight excluding hydrogens is 440 g/mol. The summed E-state index contributed by atoms with van der Waals surface area (Å²) in [6.07, 6.45) is 1.27. The second-order valence-corrected chi connectivity index (χ2v) is 7.85. The Bertz CT molecular complexity index is 1090. The van der Waals surface area contributed by atoms with E-state index in [1.165, 1.54) is 0 Å². The van der Waals surface area contributed by atoms with Gasteiger partial charge in [-0.25, -0.2) is 0 Å². The van der Waals surface area contributed by atoms with E-state index in [1.807, 2.05) is 6.07 Å². The van der Waals surface area contributed by atoms with E-state index in [9.17, 15) is 9.59 Å². The zero-order valence-electron chi connectivity index (χ0n) is 18.6. The summed E-state index contributed by atoms with van der Waals surface area (Å²) in [7, 11) is 0. The Balaban J connectivity index is 1.54. The van der Waals surface area contributed by atoms with Crippen molar-refractivity contribution in [3.8, 4) is 11.5 Å². The van der Waals surface area contributed by atoms with Crippen LogP contribution in [0.1, 0.15) is 37.0 Å². The fraction of sp³-hybridized carbons (Fsp3) is 0.231. The Morgan fingerprint density at radius 2 is 1.64 bits per heavy atom. The minimum Gasteiger partial charge on any atom is -0.494 e. The van der Waals surface area contributed by atoms with Gasteiger partial charge >= 0.3 is 0 Å². The largest absolute Gasteiger partial charge is 0.494 e. The first-order valence-corrected chi connectivity index (χ1v) is 11.2. The van der Waals surface area contributed by atoms with Crippen LogP contribution in [0.15, 0.2) is 72.8 Å². The number of hydrogen-bond donors (Lipinski definition) is 2. The molecule has 0 aliphatic heterocycles. The highest BCUT2D eigenvalue weighted by molar-refractivity contribution is 6.32. The molecule has 7 heteroatoms. The Morgan fingerprint density at radius 3 is 2.33 bits per heavy atom. The van der Waals surface area contributed by atoms with Crippen LogP contribution < -0.4 is 20.1 Å². The predicted octanol–water partition coefficient (Wildman–Crippen LogP) is 6.18. The van der Waals surface area contributed by atoms with Crippen LogP contribution in [0.4, 0.5) is 11.4 Å². The van der Waals surface area contributed by atoms with E-state index < -0.39 is 6.10 Å². The molecule has 172 valence electrons. The summed E-state index contributed by atoms with van der Waals surface area (Å²) in [5.41, 5.74) is 1.70. The predicted molar refractivity (Wildman–Crippen MR) is 131 cm³/mol. The van der Waals surface area contributed by atoms with Crippen LogP contribution in [0.5, 0.6) is 11.5 Å². The summed E-state index contributed by atoms with van der Waals surface area (Å²) in [5, 5.41) is 6.08. The van der Waals surface area contributed by atoms with E-state index in [-0.39, 0.29) is 11.8 Å². The van der Waals surface area contributed by atoms with Gasteiger partial charge in [-0.2, -0.15) is 0 Å². The molecule has 0 aliphatic carbocycles. The number of carbonyl (C=O) groups excluding carboxylic acids is 2. The first-order chi connectivity index (χ1) is 16.0. The Kier molecular flexibility index (Phi) is 8.72. The van der Waals surface area contributed by atoms with Gasteiger partial charge in [0.1, 0.15) is 11.5 Å². The molecule has 0 saturated carbocycles. The molecule has 3 rings (SSSR count). The minimum absolute atomic E-state index is 0.241. The van der Waals surface area contributed by atoms with Gasteiger partial charge in [-0.3, -0.25) is 9.59 Å². The van der Waals surface area contributed by atoms with Crippen LogP contribution in [0.3, 0.4) is 0 Å². The van der Waals surface area contributed by atoms with Gasteiger partial charge < -0.3 is 20.1 Å². The maximum absolute atomic E-state index is 12.6. The van der Waals surface area contributed by atoms with Gasteiger partial charge in [0.05, 0.1) is 11.6 Å². The molecule has 2 N–H and O–H groups in total. The smallest absolute Gasteiger partial charge is 0.265 e. The summed E-state index contributed by atoms with van der Waals surface area (Å²) in [5.74, 6) is 0.558. The van der Waals surface area contributed by atoms with Crippen molar-refractivity contribution in [3.63, 3.8) is 0 Å². The average molecular weight is 467 g/mol. The Morgan fingerprint density at radius 1 is 0.939 bits per heavy atom. The fourth-order valence-electron chi connectivity index (χ4n) is 2.93. The quantitative estimate of drug-likeness (QED) is 0.350. The van der Waals surface area contributed by atoms with Crippen LogP contribution in [-0.4, -0.2) is 24.5 Å². The summed E-state index contributed by atoms with van der Waals surface area (Å²) in [4.78, 5) is 25.0. The number of carbonyl (C=O) groups is 2. The summed E-state index contributed by atoms with van der Waals surface area (Å²) >= 11 is 6.08. The van der Waals surface area contributed by atoms with Gasteiger partial charge in [0.25, 0.3) is 11.8 Å². The number of unbranched alkanes of at least 4 members (excludes halogenated alkanes) is 1. The van der Waals surface area contributed by atoms with E-state index in [2.05, 4.69) is 17.6 Å². The highest BCUT2D eigenvalue weighted by Gasteiger charge is 2.16. The zero-order chi connectivity index (χ0) is 23.6. The molecule has 0 spiro atoms. The van der Waals surface area contributed by atoms with Crippen molar-refractivity contribution in [1.29, 1.82) is 0 Å². The molecule has 3 aromatic carbocycles. The third kappa shape index (κ3) is 7.26. The Labute approximate surface area is 198 Å². The molecule has 3 aromatic rings. The fourth-order valence-corrected chi connectivity index (χ4v) is 3.11. The van der Waals surface area contributed by atoms with Crippen molar-refractivity contribution in [1.82, 2.24) is 0 Å². The van der Waals surface area contributed by atoms with Gasteiger partial charge in [0.2, 0.25) is 0 Å². The van der Waals surface area contributed by atoms with Crippen molar-refractivity contribution >= 4 is 34.8 Å². The third-order valence-corrected chi connectivity index (χ3v) is 5.10. The summed E-state index contributed by atoms with van der Waals surface area (Å²) < 4.78 is 11.3. The molecule has 6 nitrogen and oxygen atoms in total. The van der Waals surface area contributed by atoms with Crippen molar-refractivity contribution in [2.24, 2.45) is 0 Å². The van der Waals surface area contributed by atoms with Crippen LogP contribution in [-0.2, 0) is 4.79 Å². The molecule has 0 bridgehead atoms. The lowest BCUT2D eigenvalue weighted by atomic mass is 10.2. The van der Waals surface area contributed by atoms with Gasteiger partial charge in [-0.1, -0.05) is 43.1 Å². The normalized spacial score (nSPS) is 11.4. The number of benzene rings is 3. The van der Waals surface area contributed by atoms with Crippen molar-refractivity contribution in [2.45, 2.75) is 32.8 Å². The average Bonchev–Trinajstić information content (AvgIpc) is 2.82. The molecular formula is C26H27ClN2O4. The van der Waals surface area contributed by atoms with Crippen LogP contribution in [0.2, 0.25) is 5.02 Å². The second kappa shape index (κ2) is 11.9. The molecule has 0 radical (unpaired) electrons. The molecule has 0 aromatic heterocycles. The zero-order valence-corrected chi connectivity index (χ0v) is 19.4. The van der Waals surface area contributed by atoms with Gasteiger partial charge in [-0.05, 0) is 67.9 Å². The molecule has 0 heterocycles. The maximum atomic E-state index is 12.6. The van der Waals surface area contributed by atoms with E-state index in [4.69, 9.17) is 21.1 Å². The number of rotatable bonds is 10. The van der Waals surface area contributed by atoms with Gasteiger partial charge in [0.15, 0.2) is 6.10 Å². The molecule has 33 heavy (non-hydrogen) atoms. The highest BCUT2D eigenvalue weighted by atomic mass is 35.5. The molecule has 2 amide bonds. The number of amides is 2. The first kappa shape index (κ1) is 24.1. The van der Waals surface area contributed by atoms with E-state index in [0.29, 0.717) is 40.1 Å². The van der Waals surface area contributed by atoms with Crippen LogP contribution >= 0.6 is 11.6 Å². The molecule has 1 atom stereocenters. The lowest BCUT2D eigenvalue weighted by Crippen LogP contribution is -2.30. The highest BCUT2D eigenvalue weighted by Crippen LogP contribution is 2.24. The minimum atomic E-state index is -0.740. The molecule has 0 saturated heterocycles. The second-order valence-electron chi connectivity index (χ2n) is 7.44. The first-order valence-electron chi connectivity index (χ1n) is 10.8. The standard InChI is InChI=1S/C26H27ClN2O4/c1-3-4-16-32-22-9-7-8-19(17-22)26(31)29-21-14-12-20(13-15-21)28-25(30)18(2)33-24-11-6-5-10-23(24)27/h5-15,17-18H,3-4,16H2,1-2H3,(H,28,30)(H,29,31). The molecule has 0 fully saturated rings. The van der Waals surface area contributed by atoms with Crippen molar-refractivity contribution < 1.29 is 19.1 Å². The monoisotopic (exact) mass is 466 g/mol. The Hall–Kier alpha value is -3.51. The van der Waals surface area contributed by atoms with Crippen molar-refractivity contribution in [2.75, 3.05) is 17.2 Å². The van der Waals surface area contributed by atoms with E-state index >= 15 is 0 Å². The third-order valence-electron chi connectivity index (χ3n) is 4.78. The van der Waals surface area contributed by atoms with Gasteiger partial charge in [0, 0.05) is 16.9 Å². The lowest BCUT2D eigenvalue weighted by Gasteiger charge is -2.16. The van der Waals surface area contributed by atoms with Crippen LogP contribution in [0.25, 0.3) is 0 Å². The number of nitrogens with one attached hydrogen (secondary N) is 2. The number of hydrogen-bond acceptors (Lipinski definition) is 4. The van der Waals surface area contributed by atoms with Crippen LogP contribution in [0, 0.1) is 0 Å². The topological polar surface area (TPSA) is 76.7 Å².